The molecule has 0 spiro atoms. The van der Waals surface area contributed by atoms with Gasteiger partial charge < -0.3 is 10.2 Å². The molecule has 1 aliphatic rings. The molecular weight excluding hydrogens is 354 g/mol. The lowest BCUT2D eigenvalue weighted by Crippen LogP contribution is -2.45. The third-order valence-electron chi connectivity index (χ3n) is 5.23. The molecule has 148 valence electrons. The number of imide groups is 1. The predicted octanol–water partition coefficient (Wildman–Crippen LogP) is 3.26. The van der Waals surface area contributed by atoms with E-state index in [1.54, 1.807) is 11.8 Å². The van der Waals surface area contributed by atoms with E-state index in [0.717, 1.165) is 28.5 Å². The average molecular weight is 381 g/mol. The van der Waals surface area contributed by atoms with Gasteiger partial charge in [-0.25, -0.2) is 4.79 Å². The van der Waals surface area contributed by atoms with E-state index in [1.807, 2.05) is 56.3 Å². The Hall–Kier alpha value is -2.89. The lowest BCUT2D eigenvalue weighted by Gasteiger charge is -2.25. The zero-order chi connectivity index (χ0) is 20.3. The highest BCUT2D eigenvalue weighted by molar-refractivity contribution is 6.09. The minimum absolute atomic E-state index is 0.199. The normalized spacial score (nSPS) is 19.2. The van der Waals surface area contributed by atoms with Gasteiger partial charge in [0.15, 0.2) is 0 Å². The van der Waals surface area contributed by atoms with Crippen LogP contribution in [0.5, 0.6) is 0 Å². The number of rotatable bonds is 7. The maximum Gasteiger partial charge on any atom is 0.325 e. The van der Waals surface area contributed by atoms with Crippen LogP contribution in [0.15, 0.2) is 42.5 Å². The lowest BCUT2D eigenvalue weighted by molar-refractivity contribution is -0.139. The molecular formula is C22H27N3O3. The van der Waals surface area contributed by atoms with E-state index in [1.165, 1.54) is 0 Å². The lowest BCUT2D eigenvalue weighted by atomic mass is 9.90. The smallest absolute Gasteiger partial charge is 0.325 e. The van der Waals surface area contributed by atoms with Gasteiger partial charge in [-0.05, 0) is 42.2 Å². The van der Waals surface area contributed by atoms with Crippen molar-refractivity contribution in [1.29, 1.82) is 0 Å². The molecule has 2 aromatic rings. The van der Waals surface area contributed by atoms with Gasteiger partial charge in [0, 0.05) is 13.1 Å². The second-order valence-electron chi connectivity index (χ2n) is 7.39. The third-order valence-corrected chi connectivity index (χ3v) is 5.23. The first-order valence-corrected chi connectivity index (χ1v) is 9.82. The fraction of sp³-hybridized carbons (Fsp3) is 0.409. The van der Waals surface area contributed by atoms with Crippen LogP contribution in [-0.2, 0) is 15.1 Å². The Morgan fingerprint density at radius 1 is 1.04 bits per heavy atom. The fourth-order valence-electron chi connectivity index (χ4n) is 3.67. The van der Waals surface area contributed by atoms with Crippen molar-refractivity contribution in [3.8, 4) is 0 Å². The van der Waals surface area contributed by atoms with Gasteiger partial charge in [-0.3, -0.25) is 14.5 Å². The third kappa shape index (κ3) is 3.59. The summed E-state index contributed by atoms with van der Waals surface area (Å²) in [5.74, 6) is -0.593. The van der Waals surface area contributed by atoms with Crippen molar-refractivity contribution in [3.63, 3.8) is 0 Å². The van der Waals surface area contributed by atoms with Crippen molar-refractivity contribution in [1.82, 2.24) is 15.1 Å². The molecule has 1 N–H and O–H groups in total. The number of fused-ring (bicyclic) bond motifs is 1. The number of hydrogen-bond acceptors (Lipinski definition) is 3. The molecule has 1 aliphatic heterocycles. The molecule has 0 saturated carbocycles. The van der Waals surface area contributed by atoms with E-state index >= 15 is 0 Å². The van der Waals surface area contributed by atoms with Crippen molar-refractivity contribution in [2.24, 2.45) is 0 Å². The molecule has 1 saturated heterocycles. The zero-order valence-electron chi connectivity index (χ0n) is 16.7. The van der Waals surface area contributed by atoms with E-state index < -0.39 is 17.5 Å². The topological polar surface area (TPSA) is 69.7 Å². The summed E-state index contributed by atoms with van der Waals surface area (Å²) < 4.78 is 0. The highest BCUT2D eigenvalue weighted by atomic mass is 16.2. The number of urea groups is 1. The highest BCUT2D eigenvalue weighted by Crippen LogP contribution is 2.31. The predicted molar refractivity (Wildman–Crippen MR) is 109 cm³/mol. The highest BCUT2D eigenvalue weighted by Gasteiger charge is 2.49. The molecule has 1 heterocycles. The van der Waals surface area contributed by atoms with Gasteiger partial charge in [0.2, 0.25) is 5.91 Å². The Labute approximate surface area is 165 Å². The second-order valence-corrected chi connectivity index (χ2v) is 7.39. The summed E-state index contributed by atoms with van der Waals surface area (Å²) >= 11 is 0. The monoisotopic (exact) mass is 381 g/mol. The van der Waals surface area contributed by atoms with Crippen molar-refractivity contribution in [2.75, 3.05) is 19.6 Å². The molecule has 1 fully saturated rings. The van der Waals surface area contributed by atoms with E-state index in [0.29, 0.717) is 18.7 Å². The number of benzene rings is 2. The van der Waals surface area contributed by atoms with Gasteiger partial charge in [0.25, 0.3) is 5.91 Å². The maximum atomic E-state index is 13.1. The fourth-order valence-corrected chi connectivity index (χ4v) is 3.67. The standard InChI is InChI=1S/C22H27N3O3/c1-4-12-24(13-5-2)19(26)15-25-20(27)22(3,23-21(25)28)18-11-10-16-8-6-7-9-17(16)14-18/h6-11,14H,4-5,12-13,15H2,1-3H3,(H,23,28). The number of carbonyl (C=O) groups is 3. The molecule has 1 atom stereocenters. The first-order chi connectivity index (χ1) is 13.4. The van der Waals surface area contributed by atoms with Crippen LogP contribution in [0.4, 0.5) is 4.79 Å². The molecule has 28 heavy (non-hydrogen) atoms. The summed E-state index contributed by atoms with van der Waals surface area (Å²) in [4.78, 5) is 41.1. The van der Waals surface area contributed by atoms with E-state index in [9.17, 15) is 14.4 Å². The van der Waals surface area contributed by atoms with E-state index in [-0.39, 0.29) is 12.5 Å². The van der Waals surface area contributed by atoms with Gasteiger partial charge in [-0.1, -0.05) is 50.2 Å². The quantitative estimate of drug-likeness (QED) is 0.749. The van der Waals surface area contributed by atoms with Gasteiger partial charge in [0.1, 0.15) is 12.1 Å². The van der Waals surface area contributed by atoms with Crippen LogP contribution in [0.25, 0.3) is 10.8 Å². The van der Waals surface area contributed by atoms with Gasteiger partial charge in [0.05, 0.1) is 0 Å². The minimum atomic E-state index is -1.18. The largest absolute Gasteiger partial charge is 0.341 e. The Kier molecular flexibility index (Phi) is 5.68. The first-order valence-electron chi connectivity index (χ1n) is 9.82. The molecule has 6 heteroatoms. The van der Waals surface area contributed by atoms with Crippen LogP contribution in [-0.4, -0.2) is 47.3 Å². The van der Waals surface area contributed by atoms with Gasteiger partial charge >= 0.3 is 6.03 Å². The van der Waals surface area contributed by atoms with Crippen LogP contribution in [0.2, 0.25) is 0 Å². The number of nitrogens with zero attached hydrogens (tertiary/aromatic N) is 2. The Morgan fingerprint density at radius 3 is 2.32 bits per heavy atom. The van der Waals surface area contributed by atoms with Crippen LogP contribution in [0, 0.1) is 0 Å². The van der Waals surface area contributed by atoms with E-state index in [2.05, 4.69) is 5.32 Å². The molecule has 6 nitrogen and oxygen atoms in total. The molecule has 0 bridgehead atoms. The van der Waals surface area contributed by atoms with Crippen molar-refractivity contribution in [2.45, 2.75) is 39.2 Å². The molecule has 1 unspecified atom stereocenters. The molecule has 0 aromatic heterocycles. The Balaban J connectivity index is 1.84. The minimum Gasteiger partial charge on any atom is -0.341 e. The summed E-state index contributed by atoms with van der Waals surface area (Å²) in [6.45, 7) is 6.71. The SMILES string of the molecule is CCCN(CCC)C(=O)CN1C(=O)NC(C)(c2ccc3ccccc3c2)C1=O. The first kappa shape index (κ1) is 19.9. The molecule has 3 rings (SSSR count). The van der Waals surface area contributed by atoms with Gasteiger partial charge in [-0.15, -0.1) is 0 Å². The number of amides is 4. The molecule has 0 aliphatic carbocycles. The van der Waals surface area contributed by atoms with Crippen LogP contribution < -0.4 is 5.32 Å². The van der Waals surface area contributed by atoms with Crippen molar-refractivity contribution < 1.29 is 14.4 Å². The number of hydrogen-bond donors (Lipinski definition) is 1. The summed E-state index contributed by atoms with van der Waals surface area (Å²) in [6, 6.07) is 13.0. The number of nitrogens with one attached hydrogen (secondary N) is 1. The van der Waals surface area contributed by atoms with Crippen molar-refractivity contribution in [3.05, 3.63) is 48.0 Å². The van der Waals surface area contributed by atoms with Crippen LogP contribution in [0.1, 0.15) is 39.2 Å². The van der Waals surface area contributed by atoms with E-state index in [4.69, 9.17) is 0 Å². The maximum absolute atomic E-state index is 13.1. The van der Waals surface area contributed by atoms with Crippen LogP contribution >= 0.6 is 0 Å². The summed E-state index contributed by atoms with van der Waals surface area (Å²) in [7, 11) is 0. The Morgan fingerprint density at radius 2 is 1.68 bits per heavy atom. The summed E-state index contributed by atoms with van der Waals surface area (Å²) in [5, 5.41) is 4.84. The molecule has 0 radical (unpaired) electrons. The second kappa shape index (κ2) is 8.00. The molecule has 4 amide bonds. The van der Waals surface area contributed by atoms with Crippen LogP contribution in [0.3, 0.4) is 0 Å². The zero-order valence-corrected chi connectivity index (χ0v) is 16.7. The average Bonchev–Trinajstić information content (AvgIpc) is 2.91. The van der Waals surface area contributed by atoms with Crippen molar-refractivity contribution >= 4 is 28.6 Å². The Bertz CT molecular complexity index is 905. The van der Waals surface area contributed by atoms with Gasteiger partial charge in [-0.2, -0.15) is 0 Å². The number of carbonyl (C=O) groups excluding carboxylic acids is 3. The summed E-state index contributed by atoms with van der Waals surface area (Å²) in [6.07, 6.45) is 1.67. The summed E-state index contributed by atoms with van der Waals surface area (Å²) in [5.41, 5.74) is -0.472. The molecule has 2 aromatic carbocycles.